The zero-order chi connectivity index (χ0) is 15.5. The summed E-state index contributed by atoms with van der Waals surface area (Å²) in [6.45, 7) is 0.967. The summed E-state index contributed by atoms with van der Waals surface area (Å²) in [7, 11) is 0. The summed E-state index contributed by atoms with van der Waals surface area (Å²) in [5, 5.41) is 21.7. The highest BCUT2D eigenvalue weighted by Gasteiger charge is 2.34. The molecule has 0 aliphatic carbocycles. The van der Waals surface area contributed by atoms with Gasteiger partial charge in [-0.15, -0.1) is 0 Å². The molecule has 20 heavy (non-hydrogen) atoms. The normalized spacial score (nSPS) is 14.8. The van der Waals surface area contributed by atoms with Crippen LogP contribution in [0, 0.1) is 0 Å². The van der Waals surface area contributed by atoms with E-state index in [1.807, 2.05) is 0 Å². The number of nitrogens with one attached hydrogen (secondary N) is 1. The van der Waals surface area contributed by atoms with Gasteiger partial charge in [0, 0.05) is 17.9 Å². The lowest BCUT2D eigenvalue weighted by Crippen LogP contribution is -2.34. The average Bonchev–Trinajstić information content (AvgIpc) is 2.34. The number of aliphatic hydroxyl groups is 2. The summed E-state index contributed by atoms with van der Waals surface area (Å²) in [5.74, 6) is -0.414. The predicted molar refractivity (Wildman–Crippen MR) is 68.8 cm³/mol. The smallest absolute Gasteiger partial charge is 0.388 e. The topological polar surface area (TPSA) is 69.6 Å². The van der Waals surface area contributed by atoms with Crippen molar-refractivity contribution in [2.75, 3.05) is 6.54 Å². The van der Waals surface area contributed by atoms with Gasteiger partial charge in [-0.1, -0.05) is 22.0 Å². The molecule has 0 saturated carbocycles. The monoisotopic (exact) mass is 355 g/mol. The molecule has 112 valence electrons. The molecule has 0 fully saturated rings. The first-order chi connectivity index (χ1) is 9.12. The molecule has 0 radical (unpaired) electrons. The molecule has 0 aliphatic heterocycles. The lowest BCUT2D eigenvalue weighted by atomic mass is 10.0. The van der Waals surface area contributed by atoms with Crippen LogP contribution < -0.4 is 5.32 Å². The molecule has 2 unspecified atom stereocenters. The fourth-order valence-electron chi connectivity index (χ4n) is 1.53. The van der Waals surface area contributed by atoms with Crippen molar-refractivity contribution in [2.45, 2.75) is 25.3 Å². The van der Waals surface area contributed by atoms with Crippen molar-refractivity contribution in [3.63, 3.8) is 0 Å². The SMILES string of the molecule is CC(=O)NCC(O)C(O)c1ccc(Br)c(C(F)(F)F)c1. The number of rotatable bonds is 4. The van der Waals surface area contributed by atoms with Crippen molar-refractivity contribution in [3.8, 4) is 0 Å². The Morgan fingerprint density at radius 1 is 1.40 bits per heavy atom. The second kappa shape index (κ2) is 6.55. The maximum Gasteiger partial charge on any atom is 0.417 e. The predicted octanol–water partition coefficient (Wildman–Crippen LogP) is 2.00. The fourth-order valence-corrected chi connectivity index (χ4v) is 2.00. The van der Waals surface area contributed by atoms with E-state index in [0.29, 0.717) is 0 Å². The van der Waals surface area contributed by atoms with Gasteiger partial charge in [-0.05, 0) is 17.7 Å². The molecule has 1 aromatic carbocycles. The number of carbonyl (C=O) groups is 1. The highest BCUT2D eigenvalue weighted by atomic mass is 79.9. The molecule has 1 aromatic rings. The first-order valence-corrected chi connectivity index (χ1v) is 6.39. The molecule has 0 saturated heterocycles. The average molecular weight is 356 g/mol. The minimum absolute atomic E-state index is 0.0848. The third-order valence-electron chi connectivity index (χ3n) is 2.56. The van der Waals surface area contributed by atoms with E-state index in [1.165, 1.54) is 13.0 Å². The number of benzene rings is 1. The zero-order valence-corrected chi connectivity index (χ0v) is 12.0. The number of amides is 1. The van der Waals surface area contributed by atoms with Crippen LogP contribution in [-0.4, -0.2) is 28.8 Å². The molecule has 2 atom stereocenters. The van der Waals surface area contributed by atoms with E-state index >= 15 is 0 Å². The maximum absolute atomic E-state index is 12.7. The molecule has 0 heterocycles. The molecule has 1 amide bonds. The Labute approximate surface area is 121 Å². The minimum atomic E-state index is -4.57. The molecule has 0 spiro atoms. The lowest BCUT2D eigenvalue weighted by molar-refractivity contribution is -0.138. The van der Waals surface area contributed by atoms with Crippen molar-refractivity contribution in [2.24, 2.45) is 0 Å². The van der Waals surface area contributed by atoms with Crippen molar-refractivity contribution >= 4 is 21.8 Å². The zero-order valence-electron chi connectivity index (χ0n) is 10.4. The minimum Gasteiger partial charge on any atom is -0.388 e. The Kier molecular flexibility index (Phi) is 5.55. The second-order valence-corrected chi connectivity index (χ2v) is 5.04. The van der Waals surface area contributed by atoms with Gasteiger partial charge in [0.1, 0.15) is 12.2 Å². The van der Waals surface area contributed by atoms with Crippen LogP contribution in [0.5, 0.6) is 0 Å². The highest BCUT2D eigenvalue weighted by molar-refractivity contribution is 9.10. The van der Waals surface area contributed by atoms with Crippen LogP contribution in [0.3, 0.4) is 0 Å². The Morgan fingerprint density at radius 3 is 2.50 bits per heavy atom. The molecule has 0 bridgehead atoms. The number of halogens is 4. The van der Waals surface area contributed by atoms with E-state index in [9.17, 15) is 28.2 Å². The van der Waals surface area contributed by atoms with Gasteiger partial charge in [0.15, 0.2) is 0 Å². The van der Waals surface area contributed by atoms with Gasteiger partial charge in [0.25, 0.3) is 0 Å². The molecular formula is C12H13BrF3NO3. The summed E-state index contributed by atoms with van der Waals surface area (Å²) >= 11 is 2.78. The van der Waals surface area contributed by atoms with Gasteiger partial charge in [0.2, 0.25) is 5.91 Å². The number of alkyl halides is 3. The molecule has 4 nitrogen and oxygen atoms in total. The van der Waals surface area contributed by atoms with Gasteiger partial charge >= 0.3 is 6.18 Å². The summed E-state index contributed by atoms with van der Waals surface area (Å²) < 4.78 is 38.0. The van der Waals surface area contributed by atoms with Gasteiger partial charge in [-0.3, -0.25) is 4.79 Å². The van der Waals surface area contributed by atoms with E-state index in [4.69, 9.17) is 0 Å². The van der Waals surface area contributed by atoms with Crippen molar-refractivity contribution < 1.29 is 28.2 Å². The van der Waals surface area contributed by atoms with Crippen LogP contribution >= 0.6 is 15.9 Å². The quantitative estimate of drug-likeness (QED) is 0.773. The largest absolute Gasteiger partial charge is 0.417 e. The standard InChI is InChI=1S/C12H13BrF3NO3/c1-6(18)17-5-10(19)11(20)7-2-3-9(13)8(4-7)12(14,15)16/h2-4,10-11,19-20H,5H2,1H3,(H,17,18). The number of hydrogen-bond acceptors (Lipinski definition) is 3. The number of aliphatic hydroxyl groups excluding tert-OH is 2. The maximum atomic E-state index is 12.7. The first-order valence-electron chi connectivity index (χ1n) is 5.60. The van der Waals surface area contributed by atoms with E-state index in [0.717, 1.165) is 12.1 Å². The highest BCUT2D eigenvalue weighted by Crippen LogP contribution is 2.36. The van der Waals surface area contributed by atoms with Gasteiger partial charge in [-0.25, -0.2) is 0 Å². The number of hydrogen-bond donors (Lipinski definition) is 3. The van der Waals surface area contributed by atoms with E-state index in [1.54, 1.807) is 0 Å². The van der Waals surface area contributed by atoms with E-state index in [2.05, 4.69) is 21.2 Å². The summed E-state index contributed by atoms with van der Waals surface area (Å²) in [4.78, 5) is 10.7. The second-order valence-electron chi connectivity index (χ2n) is 4.19. The molecule has 3 N–H and O–H groups in total. The van der Waals surface area contributed by atoms with Gasteiger partial charge in [-0.2, -0.15) is 13.2 Å². The molecule has 8 heteroatoms. The Bertz CT molecular complexity index is 493. The van der Waals surface area contributed by atoms with Crippen LogP contribution in [0.4, 0.5) is 13.2 Å². The van der Waals surface area contributed by atoms with Crippen LogP contribution in [0.25, 0.3) is 0 Å². The molecule has 1 rings (SSSR count). The third-order valence-corrected chi connectivity index (χ3v) is 3.25. The lowest BCUT2D eigenvalue weighted by Gasteiger charge is -2.20. The van der Waals surface area contributed by atoms with Crippen LogP contribution in [-0.2, 0) is 11.0 Å². The summed E-state index contributed by atoms with van der Waals surface area (Å²) in [5.41, 5.74) is -1.03. The molecular weight excluding hydrogens is 343 g/mol. The number of carbonyl (C=O) groups excluding carboxylic acids is 1. The van der Waals surface area contributed by atoms with Crippen molar-refractivity contribution in [1.29, 1.82) is 0 Å². The Balaban J connectivity index is 2.94. The summed E-state index contributed by atoms with van der Waals surface area (Å²) in [6, 6.07) is 3.17. The summed E-state index contributed by atoms with van der Waals surface area (Å²) in [6.07, 6.45) is -7.51. The van der Waals surface area contributed by atoms with Crippen molar-refractivity contribution in [1.82, 2.24) is 5.32 Å². The van der Waals surface area contributed by atoms with Gasteiger partial charge < -0.3 is 15.5 Å². The molecule has 0 aliphatic rings. The molecule has 0 aromatic heterocycles. The van der Waals surface area contributed by atoms with Crippen LogP contribution in [0.15, 0.2) is 22.7 Å². The third kappa shape index (κ3) is 4.46. The first kappa shape index (κ1) is 16.9. The Morgan fingerprint density at radius 2 is 2.00 bits per heavy atom. The fraction of sp³-hybridized carbons (Fsp3) is 0.417. The van der Waals surface area contributed by atoms with E-state index < -0.39 is 29.9 Å². The van der Waals surface area contributed by atoms with Crippen molar-refractivity contribution in [3.05, 3.63) is 33.8 Å². The van der Waals surface area contributed by atoms with E-state index in [-0.39, 0.29) is 16.6 Å². The van der Waals surface area contributed by atoms with Crippen LogP contribution in [0.2, 0.25) is 0 Å². The van der Waals surface area contributed by atoms with Crippen LogP contribution in [0.1, 0.15) is 24.2 Å². The van der Waals surface area contributed by atoms with Gasteiger partial charge in [0.05, 0.1) is 5.56 Å². The Hall–Kier alpha value is -1.12.